The SMILES string of the molecule is CC.CC1(C)c2ccccc2-c2ccccc21.CCCC.CCOCC. The summed E-state index contributed by atoms with van der Waals surface area (Å²) >= 11 is 0. The van der Waals surface area contributed by atoms with Crippen LogP contribution < -0.4 is 0 Å². The average molecular weight is 357 g/mol. The van der Waals surface area contributed by atoms with Crippen molar-refractivity contribution in [3.63, 3.8) is 0 Å². The minimum absolute atomic E-state index is 0.160. The third-order valence-electron chi connectivity index (χ3n) is 4.40. The number of fused-ring (bicyclic) bond motifs is 3. The van der Waals surface area contributed by atoms with E-state index in [4.69, 9.17) is 4.74 Å². The first-order valence-corrected chi connectivity index (χ1v) is 10.3. The number of rotatable bonds is 3. The summed E-state index contributed by atoms with van der Waals surface area (Å²) in [6.07, 6.45) is 2.64. The molecule has 0 saturated heterocycles. The number of ether oxygens (including phenoxy) is 1. The van der Waals surface area contributed by atoms with Crippen molar-refractivity contribution >= 4 is 0 Å². The molecule has 1 aliphatic rings. The van der Waals surface area contributed by atoms with Crippen LogP contribution in [-0.4, -0.2) is 13.2 Å². The van der Waals surface area contributed by atoms with E-state index in [-0.39, 0.29) is 5.41 Å². The monoisotopic (exact) mass is 356 g/mol. The van der Waals surface area contributed by atoms with E-state index < -0.39 is 0 Å². The Morgan fingerprint density at radius 2 is 1.00 bits per heavy atom. The fourth-order valence-corrected chi connectivity index (χ4v) is 2.88. The predicted octanol–water partition coefficient (Wildman–Crippen LogP) is 7.87. The van der Waals surface area contributed by atoms with Crippen molar-refractivity contribution in [3.05, 3.63) is 59.7 Å². The molecule has 1 aliphatic carbocycles. The maximum atomic E-state index is 4.83. The molecule has 0 radical (unpaired) electrons. The molecule has 0 aromatic heterocycles. The number of unbranched alkanes of at least 4 members (excludes halogenated alkanes) is 1. The van der Waals surface area contributed by atoms with Gasteiger partial charge in [-0.2, -0.15) is 0 Å². The smallest absolute Gasteiger partial charge is 0.0437 e. The van der Waals surface area contributed by atoms with Gasteiger partial charge >= 0.3 is 0 Å². The molecule has 2 aromatic carbocycles. The molecule has 0 N–H and O–H groups in total. The van der Waals surface area contributed by atoms with E-state index in [1.165, 1.54) is 35.1 Å². The molecule has 3 rings (SSSR count). The van der Waals surface area contributed by atoms with Crippen LogP contribution in [0.4, 0.5) is 0 Å². The summed E-state index contributed by atoms with van der Waals surface area (Å²) < 4.78 is 4.83. The Morgan fingerprint density at radius 1 is 0.654 bits per heavy atom. The average Bonchev–Trinajstić information content (AvgIpc) is 2.93. The minimum Gasteiger partial charge on any atom is -0.382 e. The molecule has 0 unspecified atom stereocenters. The molecule has 0 amide bonds. The van der Waals surface area contributed by atoms with E-state index in [0.717, 1.165) is 13.2 Å². The van der Waals surface area contributed by atoms with Gasteiger partial charge < -0.3 is 4.74 Å². The van der Waals surface area contributed by atoms with Crippen molar-refractivity contribution in [2.24, 2.45) is 0 Å². The Hall–Kier alpha value is -1.60. The summed E-state index contributed by atoms with van der Waals surface area (Å²) in [6.45, 7) is 18.6. The van der Waals surface area contributed by atoms with Crippen molar-refractivity contribution in [1.82, 2.24) is 0 Å². The third-order valence-corrected chi connectivity index (χ3v) is 4.40. The van der Waals surface area contributed by atoms with Gasteiger partial charge in [-0.05, 0) is 36.1 Å². The summed E-state index contributed by atoms with van der Waals surface area (Å²) in [5, 5.41) is 0. The van der Waals surface area contributed by atoms with Gasteiger partial charge in [0.2, 0.25) is 0 Å². The van der Waals surface area contributed by atoms with Crippen LogP contribution in [0.5, 0.6) is 0 Å². The van der Waals surface area contributed by atoms with Crippen molar-refractivity contribution in [2.75, 3.05) is 13.2 Å². The highest BCUT2D eigenvalue weighted by Gasteiger charge is 2.34. The van der Waals surface area contributed by atoms with Crippen LogP contribution in [0, 0.1) is 0 Å². The molecule has 0 bridgehead atoms. The maximum Gasteiger partial charge on any atom is 0.0437 e. The Morgan fingerprint density at radius 3 is 1.27 bits per heavy atom. The normalized spacial score (nSPS) is 12.2. The van der Waals surface area contributed by atoms with E-state index in [1.807, 2.05) is 27.7 Å². The number of hydrogen-bond acceptors (Lipinski definition) is 1. The standard InChI is InChI=1S/C15H14.C4H10O.C4H10.C2H6/c1-15(2)13-9-5-3-7-11(13)12-8-4-6-10-14(12)15;1-3-5-4-2;1-3-4-2;1-2/h3-10H,1-2H3;3-4H2,1-2H3;3-4H2,1-2H3;1-2H3. The summed E-state index contributed by atoms with van der Waals surface area (Å²) in [7, 11) is 0. The molecular weight excluding hydrogens is 316 g/mol. The first-order chi connectivity index (χ1) is 12.5. The first kappa shape index (κ1) is 24.4. The zero-order valence-electron chi connectivity index (χ0n) is 18.4. The predicted molar refractivity (Wildman–Crippen MR) is 118 cm³/mol. The second kappa shape index (κ2) is 13.6. The Bertz CT molecular complexity index is 547. The van der Waals surface area contributed by atoms with Crippen molar-refractivity contribution in [2.45, 2.75) is 73.6 Å². The van der Waals surface area contributed by atoms with E-state index in [9.17, 15) is 0 Å². The lowest BCUT2D eigenvalue weighted by Gasteiger charge is -2.20. The van der Waals surface area contributed by atoms with Gasteiger partial charge in [-0.15, -0.1) is 0 Å². The van der Waals surface area contributed by atoms with E-state index in [1.54, 1.807) is 0 Å². The molecule has 1 nitrogen and oxygen atoms in total. The van der Waals surface area contributed by atoms with Crippen LogP contribution in [0.1, 0.15) is 79.4 Å². The molecule has 2 aromatic rings. The zero-order valence-corrected chi connectivity index (χ0v) is 18.4. The summed E-state index contributed by atoms with van der Waals surface area (Å²) in [5.74, 6) is 0. The van der Waals surface area contributed by atoms with Gasteiger partial charge in [0.15, 0.2) is 0 Å². The van der Waals surface area contributed by atoms with Crippen molar-refractivity contribution in [1.29, 1.82) is 0 Å². The Labute approximate surface area is 162 Å². The molecule has 0 aliphatic heterocycles. The van der Waals surface area contributed by atoms with Gasteiger partial charge in [-0.3, -0.25) is 0 Å². The minimum atomic E-state index is 0.160. The second-order valence-electron chi connectivity index (χ2n) is 6.50. The van der Waals surface area contributed by atoms with Crippen LogP contribution in [0.15, 0.2) is 48.5 Å². The zero-order chi connectivity index (χ0) is 20.0. The van der Waals surface area contributed by atoms with Crippen LogP contribution in [0.2, 0.25) is 0 Å². The largest absolute Gasteiger partial charge is 0.382 e. The fraction of sp³-hybridized carbons (Fsp3) is 0.520. The van der Waals surface area contributed by atoms with Crippen LogP contribution in [-0.2, 0) is 10.2 Å². The molecule has 26 heavy (non-hydrogen) atoms. The van der Waals surface area contributed by atoms with Crippen LogP contribution >= 0.6 is 0 Å². The molecule has 0 spiro atoms. The fourth-order valence-electron chi connectivity index (χ4n) is 2.88. The molecule has 1 heteroatoms. The van der Waals surface area contributed by atoms with Gasteiger partial charge in [-0.25, -0.2) is 0 Å². The number of hydrogen-bond donors (Lipinski definition) is 0. The summed E-state index contributed by atoms with van der Waals surface area (Å²) in [4.78, 5) is 0. The van der Waals surface area contributed by atoms with Crippen LogP contribution in [0.3, 0.4) is 0 Å². The van der Waals surface area contributed by atoms with Gasteiger partial charge in [0, 0.05) is 18.6 Å². The highest BCUT2D eigenvalue weighted by atomic mass is 16.5. The molecule has 146 valence electrons. The third kappa shape index (κ3) is 6.61. The molecule has 0 fully saturated rings. The van der Waals surface area contributed by atoms with Gasteiger partial charge in [-0.1, -0.05) is 103 Å². The quantitative estimate of drug-likeness (QED) is 0.543. The highest BCUT2D eigenvalue weighted by Crippen LogP contribution is 2.47. The van der Waals surface area contributed by atoms with Crippen molar-refractivity contribution < 1.29 is 4.74 Å². The highest BCUT2D eigenvalue weighted by molar-refractivity contribution is 5.80. The van der Waals surface area contributed by atoms with Gasteiger partial charge in [0.05, 0.1) is 0 Å². The number of benzene rings is 2. The van der Waals surface area contributed by atoms with E-state index in [0.29, 0.717) is 0 Å². The molecular formula is C25H40O. The molecule has 0 atom stereocenters. The van der Waals surface area contributed by atoms with Crippen molar-refractivity contribution in [3.8, 4) is 11.1 Å². The summed E-state index contributed by atoms with van der Waals surface area (Å²) in [5.41, 5.74) is 5.86. The molecule has 0 saturated carbocycles. The second-order valence-corrected chi connectivity index (χ2v) is 6.50. The van der Waals surface area contributed by atoms with Gasteiger partial charge in [0.1, 0.15) is 0 Å². The Balaban J connectivity index is 0.000000478. The lowest BCUT2D eigenvalue weighted by atomic mass is 9.82. The van der Waals surface area contributed by atoms with Gasteiger partial charge in [0.25, 0.3) is 0 Å². The summed E-state index contributed by atoms with van der Waals surface area (Å²) in [6, 6.07) is 17.4. The van der Waals surface area contributed by atoms with E-state index >= 15 is 0 Å². The lowest BCUT2D eigenvalue weighted by molar-refractivity contribution is 0.162. The topological polar surface area (TPSA) is 9.23 Å². The lowest BCUT2D eigenvalue weighted by Crippen LogP contribution is -2.14. The first-order valence-electron chi connectivity index (χ1n) is 10.3. The van der Waals surface area contributed by atoms with E-state index in [2.05, 4.69) is 76.2 Å². The Kier molecular flexibility index (Phi) is 12.7. The maximum absolute atomic E-state index is 4.83. The molecule has 0 heterocycles. The van der Waals surface area contributed by atoms with Crippen LogP contribution in [0.25, 0.3) is 11.1 Å².